The van der Waals surface area contributed by atoms with Gasteiger partial charge in [0.15, 0.2) is 0 Å². The van der Waals surface area contributed by atoms with Crippen LogP contribution in [-0.4, -0.2) is 32.9 Å². The number of likely N-dealkylation sites (N-methyl/N-ethyl adjacent to an activating group) is 1. The highest BCUT2D eigenvalue weighted by Gasteiger charge is 2.13. The second-order valence-corrected chi connectivity index (χ2v) is 5.70. The Balaban J connectivity index is 1.73. The van der Waals surface area contributed by atoms with E-state index in [1.165, 1.54) is 24.0 Å². The maximum atomic E-state index is 5.77. The summed E-state index contributed by atoms with van der Waals surface area (Å²) in [5.74, 6) is 0.547. The van der Waals surface area contributed by atoms with Gasteiger partial charge in [0, 0.05) is 13.2 Å². The number of nitrogens with one attached hydrogen (secondary N) is 1. The lowest BCUT2D eigenvalue weighted by Gasteiger charge is -2.22. The first-order valence-electron chi connectivity index (χ1n) is 7.72. The first-order chi connectivity index (χ1) is 9.79. The molecule has 1 aliphatic rings. The molecule has 112 valence electrons. The summed E-state index contributed by atoms with van der Waals surface area (Å²) in [5.41, 5.74) is 2.61. The van der Waals surface area contributed by atoms with Gasteiger partial charge in [-0.15, -0.1) is 0 Å². The summed E-state index contributed by atoms with van der Waals surface area (Å²) >= 11 is 0. The normalized spacial score (nSPS) is 20.8. The van der Waals surface area contributed by atoms with Crippen LogP contribution in [0.4, 0.5) is 0 Å². The Labute approximate surface area is 122 Å². The molecule has 0 spiro atoms. The van der Waals surface area contributed by atoms with E-state index in [1.54, 1.807) is 0 Å². The molecule has 0 bridgehead atoms. The molecule has 0 aromatic heterocycles. The summed E-state index contributed by atoms with van der Waals surface area (Å²) in [6.45, 7) is 5.54. The highest BCUT2D eigenvalue weighted by molar-refractivity contribution is 5.24. The molecule has 1 aromatic carbocycles. The Bertz CT molecular complexity index is 371. The van der Waals surface area contributed by atoms with Gasteiger partial charge in [0.05, 0.1) is 19.3 Å². The summed E-state index contributed by atoms with van der Waals surface area (Å²) in [4.78, 5) is 0. The van der Waals surface area contributed by atoms with Gasteiger partial charge < -0.3 is 14.8 Å². The molecule has 2 atom stereocenters. The van der Waals surface area contributed by atoms with Crippen LogP contribution in [0.25, 0.3) is 0 Å². The topological polar surface area (TPSA) is 30.5 Å². The Morgan fingerprint density at radius 1 is 1.30 bits per heavy atom. The molecule has 1 heterocycles. The van der Waals surface area contributed by atoms with Crippen molar-refractivity contribution in [1.82, 2.24) is 5.32 Å². The van der Waals surface area contributed by atoms with E-state index in [2.05, 4.69) is 36.5 Å². The van der Waals surface area contributed by atoms with E-state index >= 15 is 0 Å². The Kier molecular flexibility index (Phi) is 6.51. The summed E-state index contributed by atoms with van der Waals surface area (Å²) in [7, 11) is 1.99. The van der Waals surface area contributed by atoms with E-state index in [4.69, 9.17) is 9.47 Å². The number of hydrogen-bond donors (Lipinski definition) is 1. The monoisotopic (exact) mass is 277 g/mol. The van der Waals surface area contributed by atoms with Gasteiger partial charge in [-0.3, -0.25) is 0 Å². The van der Waals surface area contributed by atoms with Gasteiger partial charge in [-0.1, -0.05) is 31.2 Å². The fraction of sp³-hybridized carbons (Fsp3) is 0.647. The fourth-order valence-electron chi connectivity index (χ4n) is 2.61. The van der Waals surface area contributed by atoms with Crippen molar-refractivity contribution in [3.05, 3.63) is 35.4 Å². The van der Waals surface area contributed by atoms with Crippen LogP contribution in [0.15, 0.2) is 24.3 Å². The minimum absolute atomic E-state index is 0.304. The quantitative estimate of drug-likeness (QED) is 0.831. The van der Waals surface area contributed by atoms with E-state index in [9.17, 15) is 0 Å². The average molecular weight is 277 g/mol. The number of benzene rings is 1. The molecule has 0 amide bonds. The van der Waals surface area contributed by atoms with Gasteiger partial charge in [-0.25, -0.2) is 0 Å². The molecule has 0 radical (unpaired) electrons. The second kappa shape index (κ2) is 8.40. The van der Waals surface area contributed by atoms with Crippen LogP contribution in [0.5, 0.6) is 0 Å². The molecule has 1 aromatic rings. The molecular weight excluding hydrogens is 250 g/mol. The highest BCUT2D eigenvalue weighted by Crippen LogP contribution is 2.16. The molecule has 1 fully saturated rings. The van der Waals surface area contributed by atoms with Gasteiger partial charge in [-0.2, -0.15) is 0 Å². The zero-order valence-corrected chi connectivity index (χ0v) is 12.7. The number of rotatable bonds is 7. The molecule has 2 unspecified atom stereocenters. The molecule has 2 rings (SSSR count). The summed E-state index contributed by atoms with van der Waals surface area (Å²) in [6.07, 6.45) is 3.91. The average Bonchev–Trinajstić information content (AvgIpc) is 2.49. The van der Waals surface area contributed by atoms with Gasteiger partial charge in [-0.05, 0) is 43.4 Å². The lowest BCUT2D eigenvalue weighted by atomic mass is 10.00. The minimum atomic E-state index is 0.304. The first-order valence-corrected chi connectivity index (χ1v) is 7.72. The zero-order valence-electron chi connectivity index (χ0n) is 12.7. The Morgan fingerprint density at radius 2 is 2.10 bits per heavy atom. The Hall–Kier alpha value is -0.900. The van der Waals surface area contributed by atoms with Crippen molar-refractivity contribution in [3.8, 4) is 0 Å². The SMILES string of the molecule is CNCC(C)c1ccc(COCC2CCCCO2)cc1. The van der Waals surface area contributed by atoms with Gasteiger partial charge in [0.1, 0.15) is 0 Å². The van der Waals surface area contributed by atoms with Crippen LogP contribution in [0.1, 0.15) is 43.2 Å². The van der Waals surface area contributed by atoms with Crippen LogP contribution in [-0.2, 0) is 16.1 Å². The summed E-state index contributed by atoms with van der Waals surface area (Å²) < 4.78 is 11.4. The molecule has 0 saturated carbocycles. The maximum absolute atomic E-state index is 5.77. The maximum Gasteiger partial charge on any atom is 0.0808 e. The number of ether oxygens (including phenoxy) is 2. The van der Waals surface area contributed by atoms with Crippen molar-refractivity contribution in [1.29, 1.82) is 0 Å². The van der Waals surface area contributed by atoms with Crippen LogP contribution in [0.2, 0.25) is 0 Å². The first kappa shape index (κ1) is 15.5. The van der Waals surface area contributed by atoms with Gasteiger partial charge in [0.25, 0.3) is 0 Å². The predicted molar refractivity (Wildman–Crippen MR) is 82.0 cm³/mol. The lowest BCUT2D eigenvalue weighted by molar-refractivity contribution is -0.0447. The van der Waals surface area contributed by atoms with E-state index < -0.39 is 0 Å². The van der Waals surface area contributed by atoms with E-state index in [0.717, 1.165) is 26.2 Å². The highest BCUT2D eigenvalue weighted by atomic mass is 16.5. The molecule has 20 heavy (non-hydrogen) atoms. The predicted octanol–water partition coefficient (Wildman–Crippen LogP) is 3.10. The summed E-state index contributed by atoms with van der Waals surface area (Å²) in [5, 5.41) is 3.21. The molecular formula is C17H27NO2. The van der Waals surface area contributed by atoms with E-state index in [1.807, 2.05) is 7.05 Å². The van der Waals surface area contributed by atoms with Crippen LogP contribution >= 0.6 is 0 Å². The molecule has 1 N–H and O–H groups in total. The van der Waals surface area contributed by atoms with Crippen molar-refractivity contribution >= 4 is 0 Å². The molecule has 0 aliphatic carbocycles. The second-order valence-electron chi connectivity index (χ2n) is 5.70. The van der Waals surface area contributed by atoms with Crippen LogP contribution < -0.4 is 5.32 Å². The summed E-state index contributed by atoms with van der Waals surface area (Å²) in [6, 6.07) is 8.75. The molecule has 1 saturated heterocycles. The van der Waals surface area contributed by atoms with Crippen molar-refractivity contribution in [3.63, 3.8) is 0 Å². The molecule has 3 nitrogen and oxygen atoms in total. The smallest absolute Gasteiger partial charge is 0.0808 e. The minimum Gasteiger partial charge on any atom is -0.376 e. The van der Waals surface area contributed by atoms with Crippen molar-refractivity contribution in [2.75, 3.05) is 26.8 Å². The number of hydrogen-bond acceptors (Lipinski definition) is 3. The van der Waals surface area contributed by atoms with Gasteiger partial charge in [0.2, 0.25) is 0 Å². The zero-order chi connectivity index (χ0) is 14.2. The third-order valence-electron chi connectivity index (χ3n) is 3.91. The van der Waals surface area contributed by atoms with Crippen molar-refractivity contribution in [2.24, 2.45) is 0 Å². The van der Waals surface area contributed by atoms with Crippen molar-refractivity contribution in [2.45, 2.75) is 44.8 Å². The molecule has 3 heteroatoms. The van der Waals surface area contributed by atoms with Crippen molar-refractivity contribution < 1.29 is 9.47 Å². The van der Waals surface area contributed by atoms with Gasteiger partial charge >= 0.3 is 0 Å². The molecule has 1 aliphatic heterocycles. The lowest BCUT2D eigenvalue weighted by Crippen LogP contribution is -2.24. The third-order valence-corrected chi connectivity index (χ3v) is 3.91. The Morgan fingerprint density at radius 3 is 2.75 bits per heavy atom. The van der Waals surface area contributed by atoms with E-state index in [0.29, 0.717) is 18.6 Å². The van der Waals surface area contributed by atoms with E-state index in [-0.39, 0.29) is 0 Å². The van der Waals surface area contributed by atoms with Crippen LogP contribution in [0, 0.1) is 0 Å². The van der Waals surface area contributed by atoms with Crippen LogP contribution in [0.3, 0.4) is 0 Å². The standard InChI is InChI=1S/C17H27NO2/c1-14(11-18-2)16-8-6-15(7-9-16)12-19-13-17-5-3-4-10-20-17/h6-9,14,17-18H,3-5,10-13H2,1-2H3. The fourth-order valence-corrected chi connectivity index (χ4v) is 2.61. The largest absolute Gasteiger partial charge is 0.376 e. The third kappa shape index (κ3) is 4.89.